The summed E-state index contributed by atoms with van der Waals surface area (Å²) in [5.74, 6) is 5.54. The highest BCUT2D eigenvalue weighted by atomic mass is 19.4. The molecule has 0 bridgehead atoms. The maximum absolute atomic E-state index is 13.0. The molecule has 0 spiro atoms. The molecule has 0 radical (unpaired) electrons. The largest absolute Gasteiger partial charge is 0.436 e. The van der Waals surface area contributed by atoms with E-state index in [1.807, 2.05) is 27.7 Å². The van der Waals surface area contributed by atoms with Gasteiger partial charge in [-0.2, -0.15) is 18.3 Å². The van der Waals surface area contributed by atoms with E-state index in [1.165, 1.54) is 4.68 Å². The Labute approximate surface area is 112 Å². The summed E-state index contributed by atoms with van der Waals surface area (Å²) in [6.07, 6.45) is -3.99. The number of hydrogen-bond acceptors (Lipinski definition) is 1. The highest BCUT2D eigenvalue weighted by Crippen LogP contribution is 2.32. The van der Waals surface area contributed by atoms with Gasteiger partial charge in [0.05, 0.1) is 11.3 Å². The van der Waals surface area contributed by atoms with Crippen LogP contribution in [-0.2, 0) is 19.1 Å². The van der Waals surface area contributed by atoms with Crippen LogP contribution >= 0.6 is 0 Å². The number of aromatic nitrogens is 2. The lowest BCUT2D eigenvalue weighted by Crippen LogP contribution is -2.09. The summed E-state index contributed by atoms with van der Waals surface area (Å²) in [5.41, 5.74) is -0.649. The molecule has 2 nitrogen and oxygen atoms in total. The average Bonchev–Trinajstić information content (AvgIpc) is 2.62. The minimum Gasteiger partial charge on any atom is -0.268 e. The second kappa shape index (κ2) is 5.28. The van der Waals surface area contributed by atoms with Gasteiger partial charge in [0.25, 0.3) is 0 Å². The lowest BCUT2D eigenvalue weighted by molar-refractivity contribution is -0.141. The molecule has 1 aromatic heterocycles. The van der Waals surface area contributed by atoms with Crippen LogP contribution in [0.1, 0.15) is 51.6 Å². The second-order valence-electron chi connectivity index (χ2n) is 5.34. The topological polar surface area (TPSA) is 17.8 Å². The van der Waals surface area contributed by atoms with Crippen molar-refractivity contribution in [3.05, 3.63) is 17.0 Å². The number of rotatable bonds is 2. The minimum absolute atomic E-state index is 0.0202. The molecule has 19 heavy (non-hydrogen) atoms. The maximum atomic E-state index is 13.0. The predicted molar refractivity (Wildman–Crippen MR) is 68.6 cm³/mol. The highest BCUT2D eigenvalue weighted by molar-refractivity contribution is 5.44. The number of hydrogen-bond donors (Lipinski definition) is 0. The molecule has 0 aliphatic carbocycles. The van der Waals surface area contributed by atoms with E-state index in [-0.39, 0.29) is 11.0 Å². The molecule has 106 valence electrons. The zero-order valence-corrected chi connectivity index (χ0v) is 11.9. The van der Waals surface area contributed by atoms with Gasteiger partial charge in [-0.25, -0.2) is 0 Å². The maximum Gasteiger partial charge on any atom is 0.436 e. The van der Waals surface area contributed by atoms with E-state index in [0.29, 0.717) is 18.7 Å². The Morgan fingerprint density at radius 1 is 1.16 bits per heavy atom. The first-order valence-electron chi connectivity index (χ1n) is 6.30. The Bertz CT molecular complexity index is 508. The van der Waals surface area contributed by atoms with Crippen LogP contribution in [0.25, 0.3) is 0 Å². The fraction of sp³-hybridized carbons (Fsp3) is 0.643. The average molecular weight is 272 g/mol. The van der Waals surface area contributed by atoms with Crippen molar-refractivity contribution in [1.82, 2.24) is 9.78 Å². The number of halogens is 3. The van der Waals surface area contributed by atoms with E-state index >= 15 is 0 Å². The van der Waals surface area contributed by atoms with Crippen molar-refractivity contribution in [2.45, 2.75) is 53.8 Å². The standard InChI is InChI=1S/C14H19F3N2/c1-6-11-10(8-9-13(3,4)5)12(14(15,16)17)18-19(11)7-2/h6-7H2,1-5H3. The van der Waals surface area contributed by atoms with E-state index in [0.717, 1.165) is 0 Å². The molecule has 0 aliphatic heterocycles. The van der Waals surface area contributed by atoms with Crippen LogP contribution < -0.4 is 0 Å². The van der Waals surface area contributed by atoms with Gasteiger partial charge in [0.2, 0.25) is 0 Å². The van der Waals surface area contributed by atoms with Gasteiger partial charge in [-0.3, -0.25) is 4.68 Å². The normalized spacial score (nSPS) is 12.2. The number of alkyl halides is 3. The van der Waals surface area contributed by atoms with Crippen LogP contribution in [0.15, 0.2) is 0 Å². The number of nitrogens with zero attached hydrogens (tertiary/aromatic N) is 2. The molecule has 0 unspecified atom stereocenters. The van der Waals surface area contributed by atoms with E-state index in [9.17, 15) is 13.2 Å². The summed E-state index contributed by atoms with van der Waals surface area (Å²) in [5, 5.41) is 3.66. The first-order valence-corrected chi connectivity index (χ1v) is 6.30. The zero-order chi connectivity index (χ0) is 14.8. The van der Waals surface area contributed by atoms with E-state index in [4.69, 9.17) is 0 Å². The molecular weight excluding hydrogens is 253 g/mol. The first kappa shape index (κ1) is 15.6. The van der Waals surface area contributed by atoms with E-state index < -0.39 is 11.9 Å². The molecule has 1 aromatic rings. The molecule has 0 fully saturated rings. The van der Waals surface area contributed by atoms with Crippen molar-refractivity contribution in [3.63, 3.8) is 0 Å². The van der Waals surface area contributed by atoms with Gasteiger partial charge < -0.3 is 0 Å². The van der Waals surface area contributed by atoms with Crippen molar-refractivity contribution in [2.75, 3.05) is 0 Å². The van der Waals surface area contributed by atoms with Gasteiger partial charge in [-0.1, -0.05) is 18.8 Å². The van der Waals surface area contributed by atoms with Gasteiger partial charge >= 0.3 is 6.18 Å². The van der Waals surface area contributed by atoms with Gasteiger partial charge in [-0.05, 0) is 34.1 Å². The third kappa shape index (κ3) is 3.76. The lowest BCUT2D eigenvalue weighted by atomic mass is 9.97. The van der Waals surface area contributed by atoms with Gasteiger partial charge in [0.1, 0.15) is 0 Å². The Kier molecular flexibility index (Phi) is 4.34. The zero-order valence-electron chi connectivity index (χ0n) is 11.9. The summed E-state index contributed by atoms with van der Waals surface area (Å²) in [7, 11) is 0. The summed E-state index contributed by atoms with van der Waals surface area (Å²) < 4.78 is 40.4. The third-order valence-corrected chi connectivity index (χ3v) is 2.52. The summed E-state index contributed by atoms with van der Waals surface area (Å²) in [4.78, 5) is 0. The Morgan fingerprint density at radius 3 is 2.11 bits per heavy atom. The Balaban J connectivity index is 3.48. The molecule has 0 aromatic carbocycles. The summed E-state index contributed by atoms with van der Waals surface area (Å²) >= 11 is 0. The molecule has 5 heteroatoms. The first-order chi connectivity index (χ1) is 8.60. The molecular formula is C14H19F3N2. The van der Waals surface area contributed by atoms with E-state index in [1.54, 1.807) is 6.92 Å². The predicted octanol–water partition coefficient (Wildman–Crippen LogP) is 3.88. The van der Waals surface area contributed by atoms with Gasteiger partial charge in [0.15, 0.2) is 5.69 Å². The molecule has 0 saturated carbocycles. The van der Waals surface area contributed by atoms with Gasteiger partial charge in [-0.15, -0.1) is 0 Å². The molecule has 0 aliphatic rings. The quantitative estimate of drug-likeness (QED) is 0.747. The van der Waals surface area contributed by atoms with Crippen LogP contribution in [0.3, 0.4) is 0 Å². The molecule has 1 heterocycles. The monoisotopic (exact) mass is 272 g/mol. The van der Waals surface area contributed by atoms with Crippen molar-refractivity contribution < 1.29 is 13.2 Å². The van der Waals surface area contributed by atoms with Crippen molar-refractivity contribution >= 4 is 0 Å². The summed E-state index contributed by atoms with van der Waals surface area (Å²) in [6.45, 7) is 9.58. The van der Waals surface area contributed by atoms with Crippen molar-refractivity contribution in [3.8, 4) is 11.8 Å². The van der Waals surface area contributed by atoms with Gasteiger partial charge in [0, 0.05) is 12.0 Å². The van der Waals surface area contributed by atoms with E-state index in [2.05, 4.69) is 16.9 Å². The molecule has 0 saturated heterocycles. The minimum atomic E-state index is -4.47. The van der Waals surface area contributed by atoms with Crippen molar-refractivity contribution in [1.29, 1.82) is 0 Å². The van der Waals surface area contributed by atoms with Crippen LogP contribution in [0, 0.1) is 17.3 Å². The van der Waals surface area contributed by atoms with Crippen LogP contribution in [0.2, 0.25) is 0 Å². The molecule has 0 atom stereocenters. The third-order valence-electron chi connectivity index (χ3n) is 2.52. The smallest absolute Gasteiger partial charge is 0.268 e. The fourth-order valence-electron chi connectivity index (χ4n) is 1.70. The number of aryl methyl sites for hydroxylation is 1. The Hall–Kier alpha value is -1.44. The SMILES string of the molecule is CCc1c(C#CC(C)(C)C)c(C(F)(F)F)nn1CC. The van der Waals surface area contributed by atoms with Crippen molar-refractivity contribution in [2.24, 2.45) is 5.41 Å². The molecule has 0 amide bonds. The highest BCUT2D eigenvalue weighted by Gasteiger charge is 2.38. The Morgan fingerprint density at radius 2 is 1.74 bits per heavy atom. The van der Waals surface area contributed by atoms with Crippen LogP contribution in [0.4, 0.5) is 13.2 Å². The second-order valence-corrected chi connectivity index (χ2v) is 5.34. The summed E-state index contributed by atoms with van der Waals surface area (Å²) in [6, 6.07) is 0. The van der Waals surface area contributed by atoms with Crippen LogP contribution in [0.5, 0.6) is 0 Å². The fourth-order valence-corrected chi connectivity index (χ4v) is 1.70. The van der Waals surface area contributed by atoms with Crippen LogP contribution in [-0.4, -0.2) is 9.78 Å². The molecule has 1 rings (SSSR count). The lowest BCUT2D eigenvalue weighted by Gasteiger charge is -2.08. The molecule has 0 N–H and O–H groups in total.